The second kappa shape index (κ2) is 8.20. The molecule has 0 atom stereocenters. The van der Waals surface area contributed by atoms with Crippen molar-refractivity contribution in [2.24, 2.45) is 0 Å². The molecule has 1 amide bonds. The van der Waals surface area contributed by atoms with Crippen LogP contribution in [0.15, 0.2) is 53.9 Å². The van der Waals surface area contributed by atoms with Crippen LogP contribution in [0, 0.1) is 0 Å². The minimum Gasteiger partial charge on any atom is -0.495 e. The lowest BCUT2D eigenvalue weighted by atomic mass is 10.2. The molecule has 1 aliphatic rings. The fraction of sp³-hybridized carbons (Fsp3) is 0.238. The monoisotopic (exact) mass is 413 g/mol. The fourth-order valence-electron chi connectivity index (χ4n) is 3.30. The zero-order chi connectivity index (χ0) is 19.5. The maximum Gasteiger partial charge on any atom is 0.273 e. The minimum atomic E-state index is -0.0175. The summed E-state index contributed by atoms with van der Waals surface area (Å²) in [6.45, 7) is 2.84. The van der Waals surface area contributed by atoms with Gasteiger partial charge in [-0.3, -0.25) is 4.79 Å². The van der Waals surface area contributed by atoms with E-state index < -0.39 is 0 Å². The van der Waals surface area contributed by atoms with Gasteiger partial charge in [-0.25, -0.2) is 4.98 Å². The number of aromatic nitrogens is 1. The van der Waals surface area contributed by atoms with Crippen molar-refractivity contribution in [3.63, 3.8) is 0 Å². The molecule has 1 aromatic heterocycles. The molecule has 5 nitrogen and oxygen atoms in total. The van der Waals surface area contributed by atoms with Crippen LogP contribution in [0.2, 0.25) is 5.02 Å². The SMILES string of the molecule is COc1ccccc1N1CCN(C(=O)c2csc(-c3ccc(Cl)cc3)n2)CC1. The van der Waals surface area contributed by atoms with E-state index in [1.807, 2.05) is 52.7 Å². The number of ether oxygens (including phenoxy) is 1. The van der Waals surface area contributed by atoms with Gasteiger partial charge in [0.05, 0.1) is 12.8 Å². The van der Waals surface area contributed by atoms with E-state index in [0.29, 0.717) is 23.8 Å². The molecule has 4 rings (SSSR count). The summed E-state index contributed by atoms with van der Waals surface area (Å²) in [6.07, 6.45) is 0. The molecule has 0 aliphatic carbocycles. The molecule has 0 N–H and O–H groups in total. The smallest absolute Gasteiger partial charge is 0.273 e. The summed E-state index contributed by atoms with van der Waals surface area (Å²) >= 11 is 7.42. The number of hydrogen-bond acceptors (Lipinski definition) is 5. The van der Waals surface area contributed by atoms with E-state index in [2.05, 4.69) is 16.0 Å². The zero-order valence-electron chi connectivity index (χ0n) is 15.5. The van der Waals surface area contributed by atoms with E-state index in [9.17, 15) is 4.79 Å². The maximum atomic E-state index is 12.9. The van der Waals surface area contributed by atoms with E-state index in [1.54, 1.807) is 7.11 Å². The summed E-state index contributed by atoms with van der Waals surface area (Å²) in [5.74, 6) is 0.838. The summed E-state index contributed by atoms with van der Waals surface area (Å²) in [6, 6.07) is 15.5. The third-order valence-electron chi connectivity index (χ3n) is 4.81. The number of rotatable bonds is 4. The Balaban J connectivity index is 1.42. The van der Waals surface area contributed by atoms with Gasteiger partial charge in [0.1, 0.15) is 16.5 Å². The molecule has 144 valence electrons. The largest absolute Gasteiger partial charge is 0.495 e. The fourth-order valence-corrected chi connectivity index (χ4v) is 4.23. The molecule has 1 saturated heterocycles. The van der Waals surface area contributed by atoms with Gasteiger partial charge in [0, 0.05) is 42.1 Å². The van der Waals surface area contributed by atoms with Crippen molar-refractivity contribution < 1.29 is 9.53 Å². The van der Waals surface area contributed by atoms with Crippen LogP contribution in [-0.2, 0) is 0 Å². The van der Waals surface area contributed by atoms with Crippen LogP contribution in [0.5, 0.6) is 5.75 Å². The molecule has 2 aromatic carbocycles. The van der Waals surface area contributed by atoms with Gasteiger partial charge in [0.2, 0.25) is 0 Å². The lowest BCUT2D eigenvalue weighted by Gasteiger charge is -2.36. The van der Waals surface area contributed by atoms with Gasteiger partial charge in [-0.15, -0.1) is 11.3 Å². The Labute approximate surface area is 173 Å². The van der Waals surface area contributed by atoms with Gasteiger partial charge in [-0.1, -0.05) is 35.9 Å². The summed E-state index contributed by atoms with van der Waals surface area (Å²) < 4.78 is 5.46. The molecule has 7 heteroatoms. The first-order chi connectivity index (χ1) is 13.7. The van der Waals surface area contributed by atoms with Crippen molar-refractivity contribution in [2.45, 2.75) is 0 Å². The van der Waals surface area contributed by atoms with Crippen molar-refractivity contribution in [1.29, 1.82) is 0 Å². The first-order valence-corrected chi connectivity index (χ1v) is 10.3. The molecule has 0 unspecified atom stereocenters. The lowest BCUT2D eigenvalue weighted by molar-refractivity contribution is 0.0741. The number of piperazine rings is 1. The number of carbonyl (C=O) groups excluding carboxylic acids is 1. The first kappa shape index (κ1) is 18.8. The van der Waals surface area contributed by atoms with Gasteiger partial charge < -0.3 is 14.5 Å². The molecule has 3 aromatic rings. The number of anilines is 1. The number of halogens is 1. The summed E-state index contributed by atoms with van der Waals surface area (Å²) in [4.78, 5) is 21.5. The van der Waals surface area contributed by atoms with E-state index in [4.69, 9.17) is 16.3 Å². The zero-order valence-corrected chi connectivity index (χ0v) is 17.0. The number of methoxy groups -OCH3 is 1. The summed E-state index contributed by atoms with van der Waals surface area (Å²) in [5, 5.41) is 3.34. The third kappa shape index (κ3) is 3.84. The number of amides is 1. The minimum absolute atomic E-state index is 0.0175. The summed E-state index contributed by atoms with van der Waals surface area (Å²) in [7, 11) is 1.68. The first-order valence-electron chi connectivity index (χ1n) is 9.04. The van der Waals surface area contributed by atoms with E-state index in [-0.39, 0.29) is 5.91 Å². The highest BCUT2D eigenvalue weighted by molar-refractivity contribution is 7.13. The van der Waals surface area contributed by atoms with Gasteiger partial charge in [-0.2, -0.15) is 0 Å². The number of para-hydroxylation sites is 2. The molecular formula is C21H20ClN3O2S. The normalized spacial score (nSPS) is 14.2. The highest BCUT2D eigenvalue weighted by Gasteiger charge is 2.25. The van der Waals surface area contributed by atoms with Crippen molar-refractivity contribution in [1.82, 2.24) is 9.88 Å². The molecule has 1 fully saturated rings. The molecule has 0 bridgehead atoms. The van der Waals surface area contributed by atoms with Crippen molar-refractivity contribution >= 4 is 34.5 Å². The van der Waals surface area contributed by atoms with E-state index in [0.717, 1.165) is 35.1 Å². The number of hydrogen-bond donors (Lipinski definition) is 0. The quantitative estimate of drug-likeness (QED) is 0.634. The van der Waals surface area contributed by atoms with Gasteiger partial charge in [0.25, 0.3) is 5.91 Å². The average molecular weight is 414 g/mol. The van der Waals surface area contributed by atoms with E-state index >= 15 is 0 Å². The van der Waals surface area contributed by atoms with Crippen molar-refractivity contribution in [2.75, 3.05) is 38.2 Å². The lowest BCUT2D eigenvalue weighted by Crippen LogP contribution is -2.49. The van der Waals surface area contributed by atoms with Crippen LogP contribution >= 0.6 is 22.9 Å². The van der Waals surface area contributed by atoms with E-state index in [1.165, 1.54) is 11.3 Å². The maximum absolute atomic E-state index is 12.9. The Morgan fingerprint density at radius 2 is 1.79 bits per heavy atom. The highest BCUT2D eigenvalue weighted by atomic mass is 35.5. The second-order valence-electron chi connectivity index (χ2n) is 6.50. The number of carbonyl (C=O) groups is 1. The standard InChI is InChI=1S/C21H20ClN3O2S/c1-27-19-5-3-2-4-18(19)24-10-12-25(13-11-24)21(26)17-14-28-20(23-17)15-6-8-16(22)9-7-15/h2-9,14H,10-13H2,1H3. The summed E-state index contributed by atoms with van der Waals surface area (Å²) in [5.41, 5.74) is 2.53. The molecule has 0 spiro atoms. The van der Waals surface area contributed by atoms with Gasteiger partial charge in [0.15, 0.2) is 0 Å². The topological polar surface area (TPSA) is 45.7 Å². The third-order valence-corrected chi connectivity index (χ3v) is 5.95. The molecule has 1 aliphatic heterocycles. The molecule has 0 radical (unpaired) electrons. The van der Waals surface area contributed by atoms with Crippen molar-refractivity contribution in [3.05, 3.63) is 64.6 Å². The van der Waals surface area contributed by atoms with Crippen LogP contribution in [0.3, 0.4) is 0 Å². The van der Waals surface area contributed by atoms with Crippen LogP contribution in [0.25, 0.3) is 10.6 Å². The highest BCUT2D eigenvalue weighted by Crippen LogP contribution is 2.29. The van der Waals surface area contributed by atoms with Crippen molar-refractivity contribution in [3.8, 4) is 16.3 Å². The Morgan fingerprint density at radius 1 is 1.07 bits per heavy atom. The Bertz CT molecular complexity index is 966. The Kier molecular flexibility index (Phi) is 5.50. The number of nitrogens with zero attached hydrogens (tertiary/aromatic N) is 3. The molecule has 2 heterocycles. The molecule has 28 heavy (non-hydrogen) atoms. The second-order valence-corrected chi connectivity index (χ2v) is 7.79. The van der Waals surface area contributed by atoms with Crippen LogP contribution in [0.4, 0.5) is 5.69 Å². The van der Waals surface area contributed by atoms with Crippen LogP contribution < -0.4 is 9.64 Å². The average Bonchev–Trinajstić information content (AvgIpc) is 3.24. The van der Waals surface area contributed by atoms with Gasteiger partial charge in [-0.05, 0) is 24.3 Å². The van der Waals surface area contributed by atoms with Crippen LogP contribution in [-0.4, -0.2) is 49.1 Å². The number of thiazole rings is 1. The predicted octanol–water partition coefficient (Wildman–Crippen LogP) is 4.43. The molecular weight excluding hydrogens is 394 g/mol. The Hall–Kier alpha value is -2.57. The van der Waals surface area contributed by atoms with Crippen LogP contribution in [0.1, 0.15) is 10.5 Å². The van der Waals surface area contributed by atoms with Gasteiger partial charge >= 0.3 is 0 Å². The Morgan fingerprint density at radius 3 is 2.50 bits per heavy atom. The number of benzene rings is 2. The molecule has 0 saturated carbocycles. The predicted molar refractivity (Wildman–Crippen MR) is 114 cm³/mol.